The predicted molar refractivity (Wildman–Crippen MR) is 132 cm³/mol. The van der Waals surface area contributed by atoms with Crippen molar-refractivity contribution in [3.05, 3.63) is 105 Å². The number of nitrogens with one attached hydrogen (secondary N) is 1. The summed E-state index contributed by atoms with van der Waals surface area (Å²) in [6.45, 7) is 1.06. The Labute approximate surface area is 207 Å². The van der Waals surface area contributed by atoms with Crippen LogP contribution in [0.15, 0.2) is 72.8 Å². The van der Waals surface area contributed by atoms with Crippen molar-refractivity contribution in [2.24, 2.45) is 0 Å². The molecule has 0 radical (unpaired) electrons. The molecule has 8 heteroatoms. The van der Waals surface area contributed by atoms with Gasteiger partial charge in [0.2, 0.25) is 0 Å². The van der Waals surface area contributed by atoms with Crippen molar-refractivity contribution in [1.82, 2.24) is 4.90 Å². The van der Waals surface area contributed by atoms with E-state index >= 15 is 0 Å². The van der Waals surface area contributed by atoms with Crippen LogP contribution in [0.4, 0.5) is 5.69 Å². The van der Waals surface area contributed by atoms with Crippen LogP contribution in [-0.4, -0.2) is 34.4 Å². The summed E-state index contributed by atoms with van der Waals surface area (Å²) in [5.41, 5.74) is 1.94. The summed E-state index contributed by atoms with van der Waals surface area (Å²) in [6, 6.07) is 21.2. The van der Waals surface area contributed by atoms with Gasteiger partial charge in [-0.25, -0.2) is 0 Å². The highest BCUT2D eigenvalue weighted by atomic mass is 35.5. The number of hydrogen-bond donors (Lipinski definition) is 1. The fourth-order valence-electron chi connectivity index (χ4n) is 6.31. The molecule has 3 aromatic carbocycles. The smallest absolute Gasteiger partial charge is 0.256 e. The number of ether oxygens (including phenoxy) is 1. The number of fused-ring (bicyclic) bond motifs is 4. The highest BCUT2D eigenvalue weighted by molar-refractivity contribution is 6.30. The minimum absolute atomic E-state index is 0.0804. The second-order valence-electron chi connectivity index (χ2n) is 9.41. The van der Waals surface area contributed by atoms with Gasteiger partial charge in [0.25, 0.3) is 11.9 Å². The van der Waals surface area contributed by atoms with Gasteiger partial charge in [-0.15, -0.1) is 0 Å². The fraction of sp³-hybridized carbons (Fsp3) is 0.296. The molecule has 35 heavy (non-hydrogen) atoms. The van der Waals surface area contributed by atoms with Crippen LogP contribution >= 0.6 is 11.6 Å². The zero-order valence-corrected chi connectivity index (χ0v) is 19.6. The fourth-order valence-corrected chi connectivity index (χ4v) is 6.43. The molecule has 0 saturated carbocycles. The van der Waals surface area contributed by atoms with E-state index < -0.39 is 17.5 Å². The van der Waals surface area contributed by atoms with Gasteiger partial charge in [0.1, 0.15) is 12.4 Å². The third-order valence-corrected chi connectivity index (χ3v) is 7.93. The first-order chi connectivity index (χ1) is 17.0. The molecule has 7 nitrogen and oxygen atoms in total. The number of nitro groups is 1. The molecule has 1 N–H and O–H groups in total. The molecule has 3 heterocycles. The van der Waals surface area contributed by atoms with E-state index in [1.807, 2.05) is 72.8 Å². The average Bonchev–Trinajstić information content (AvgIpc) is 3.52. The zero-order valence-electron chi connectivity index (χ0n) is 18.9. The average molecular weight is 490 g/mol. The molecule has 3 aromatic rings. The lowest BCUT2D eigenvalue weighted by Gasteiger charge is -2.32. The first-order valence-electron chi connectivity index (χ1n) is 11.8. The molecule has 0 aromatic heterocycles. The Balaban J connectivity index is 1.34. The first-order valence-corrected chi connectivity index (χ1v) is 12.2. The largest absolute Gasteiger partial charge is 0.489 e. The van der Waals surface area contributed by atoms with Crippen molar-refractivity contribution in [2.75, 3.05) is 11.9 Å². The number of benzene rings is 3. The standard InChI is InChI=1S/C27H24ClN3O4/c28-19-11-7-17(8-12-19)16-35-20-13-9-18(10-14-20)24-23-6-3-15-30(23)27(25(24)31(33)34)21-4-1-2-5-22(21)29-26(27)32/h1-2,4-5,7-14,23-25H,3,6,15-16H2,(H,29,32)/t23-,24-,25-,27+/m1/s1. The molecule has 6 rings (SSSR count). The molecule has 0 bridgehead atoms. The van der Waals surface area contributed by atoms with Gasteiger partial charge in [-0.3, -0.25) is 19.8 Å². The van der Waals surface area contributed by atoms with Crippen LogP contribution in [0, 0.1) is 10.1 Å². The maximum absolute atomic E-state index is 13.5. The number of anilines is 1. The van der Waals surface area contributed by atoms with Gasteiger partial charge < -0.3 is 10.1 Å². The van der Waals surface area contributed by atoms with E-state index in [9.17, 15) is 14.9 Å². The quantitative estimate of drug-likeness (QED) is 0.404. The number of carbonyl (C=O) groups excluding carboxylic acids is 1. The minimum atomic E-state index is -1.30. The van der Waals surface area contributed by atoms with Crippen LogP contribution in [0.25, 0.3) is 0 Å². The van der Waals surface area contributed by atoms with Crippen molar-refractivity contribution in [1.29, 1.82) is 0 Å². The van der Waals surface area contributed by atoms with Gasteiger partial charge in [0.05, 0.1) is 5.92 Å². The van der Waals surface area contributed by atoms with Gasteiger partial charge in [-0.1, -0.05) is 54.1 Å². The Kier molecular flexibility index (Phi) is 5.27. The maximum atomic E-state index is 13.5. The monoisotopic (exact) mass is 489 g/mol. The van der Waals surface area contributed by atoms with Gasteiger partial charge in [-0.05, 0) is 54.3 Å². The van der Waals surface area contributed by atoms with E-state index in [0.29, 0.717) is 35.2 Å². The zero-order chi connectivity index (χ0) is 24.2. The first kappa shape index (κ1) is 22.1. The van der Waals surface area contributed by atoms with Gasteiger partial charge in [0, 0.05) is 33.8 Å². The van der Waals surface area contributed by atoms with Crippen molar-refractivity contribution in [2.45, 2.75) is 43.0 Å². The second kappa shape index (κ2) is 8.36. The highest BCUT2D eigenvalue weighted by Crippen LogP contribution is 2.58. The second-order valence-corrected chi connectivity index (χ2v) is 9.85. The Hall–Kier alpha value is -3.42. The number of hydrogen-bond acceptors (Lipinski definition) is 5. The summed E-state index contributed by atoms with van der Waals surface area (Å²) < 4.78 is 5.92. The van der Waals surface area contributed by atoms with Crippen LogP contribution in [0.5, 0.6) is 5.75 Å². The molecule has 2 fully saturated rings. The number of halogens is 1. The molecule has 1 spiro atoms. The summed E-state index contributed by atoms with van der Waals surface area (Å²) in [7, 11) is 0. The Morgan fingerprint density at radius 3 is 2.57 bits per heavy atom. The van der Waals surface area contributed by atoms with Crippen LogP contribution in [0.2, 0.25) is 5.02 Å². The topological polar surface area (TPSA) is 84.7 Å². The molecular formula is C27H24ClN3O4. The van der Waals surface area contributed by atoms with E-state index in [4.69, 9.17) is 16.3 Å². The number of para-hydroxylation sites is 1. The van der Waals surface area contributed by atoms with E-state index in [0.717, 1.165) is 24.0 Å². The summed E-state index contributed by atoms with van der Waals surface area (Å²) in [5.74, 6) is -0.0197. The molecule has 3 aliphatic rings. The number of amides is 1. The number of rotatable bonds is 5. The molecule has 178 valence electrons. The van der Waals surface area contributed by atoms with Crippen molar-refractivity contribution in [3.8, 4) is 5.75 Å². The SMILES string of the molecule is O=C1Nc2ccccc2[C@]12[C@H]([N+](=O)[O-])[C@H](c1ccc(OCc3ccc(Cl)cc3)cc1)[C@H]1CCCN12. The van der Waals surface area contributed by atoms with E-state index in [1.165, 1.54) is 0 Å². The van der Waals surface area contributed by atoms with Gasteiger partial charge >= 0.3 is 0 Å². The summed E-state index contributed by atoms with van der Waals surface area (Å²) in [4.78, 5) is 28.0. The third-order valence-electron chi connectivity index (χ3n) is 7.68. The van der Waals surface area contributed by atoms with Crippen LogP contribution in [0.3, 0.4) is 0 Å². The Bertz CT molecular complexity index is 1300. The number of carbonyl (C=O) groups is 1. The predicted octanol–water partition coefficient (Wildman–Crippen LogP) is 4.97. The van der Waals surface area contributed by atoms with Crippen molar-refractivity contribution in [3.63, 3.8) is 0 Å². The summed E-state index contributed by atoms with van der Waals surface area (Å²) in [5, 5.41) is 16.3. The lowest BCUT2D eigenvalue weighted by molar-refractivity contribution is -0.534. The molecule has 1 amide bonds. The highest BCUT2D eigenvalue weighted by Gasteiger charge is 2.73. The van der Waals surface area contributed by atoms with Gasteiger partial charge in [0.15, 0.2) is 5.54 Å². The van der Waals surface area contributed by atoms with E-state index in [1.54, 1.807) is 0 Å². The summed E-state index contributed by atoms with van der Waals surface area (Å²) in [6.07, 6.45) is 1.73. The van der Waals surface area contributed by atoms with Crippen LogP contribution in [-0.2, 0) is 16.9 Å². The maximum Gasteiger partial charge on any atom is 0.256 e. The number of nitrogens with zero attached hydrogens (tertiary/aromatic N) is 2. The normalized spacial score (nSPS) is 27.0. The van der Waals surface area contributed by atoms with Crippen LogP contribution in [0.1, 0.15) is 35.4 Å². The lowest BCUT2D eigenvalue weighted by Crippen LogP contribution is -2.55. The van der Waals surface area contributed by atoms with E-state index in [2.05, 4.69) is 10.2 Å². The van der Waals surface area contributed by atoms with Gasteiger partial charge in [-0.2, -0.15) is 0 Å². The lowest BCUT2D eigenvalue weighted by atomic mass is 9.77. The minimum Gasteiger partial charge on any atom is -0.489 e. The van der Waals surface area contributed by atoms with Crippen molar-refractivity contribution >= 4 is 23.2 Å². The Morgan fingerprint density at radius 1 is 1.09 bits per heavy atom. The van der Waals surface area contributed by atoms with E-state index in [-0.39, 0.29) is 16.9 Å². The summed E-state index contributed by atoms with van der Waals surface area (Å²) >= 11 is 5.95. The molecule has 0 unspecified atom stereocenters. The molecule has 2 saturated heterocycles. The van der Waals surface area contributed by atoms with Crippen LogP contribution < -0.4 is 10.1 Å². The molecule has 3 aliphatic heterocycles. The Morgan fingerprint density at radius 2 is 1.83 bits per heavy atom. The van der Waals surface area contributed by atoms with Crippen molar-refractivity contribution < 1.29 is 14.5 Å². The third kappa shape index (κ3) is 3.33. The molecule has 4 atom stereocenters. The molecular weight excluding hydrogens is 466 g/mol. The molecule has 0 aliphatic carbocycles.